The van der Waals surface area contributed by atoms with Gasteiger partial charge in [-0.3, -0.25) is 4.72 Å². The van der Waals surface area contributed by atoms with Crippen molar-refractivity contribution in [3.8, 4) is 0 Å². The lowest BCUT2D eigenvalue weighted by Gasteiger charge is -2.11. The van der Waals surface area contributed by atoms with E-state index in [-0.39, 0.29) is 21.4 Å². The molecule has 0 saturated heterocycles. The number of sulfonamides is 1. The summed E-state index contributed by atoms with van der Waals surface area (Å²) in [6.07, 6.45) is 1.44. The van der Waals surface area contributed by atoms with Gasteiger partial charge < -0.3 is 5.73 Å². The molecule has 3 N–H and O–H groups in total. The van der Waals surface area contributed by atoms with Crippen molar-refractivity contribution >= 4 is 44.7 Å². The molecule has 2 rings (SSSR count). The van der Waals surface area contributed by atoms with Gasteiger partial charge in [0.25, 0.3) is 10.0 Å². The van der Waals surface area contributed by atoms with E-state index >= 15 is 0 Å². The quantitative estimate of drug-likeness (QED) is 0.846. The molecule has 5 nitrogen and oxygen atoms in total. The van der Waals surface area contributed by atoms with E-state index in [1.54, 1.807) is 13.0 Å². The number of aromatic nitrogens is 1. The molecule has 0 radical (unpaired) electrons. The van der Waals surface area contributed by atoms with Gasteiger partial charge in [0.15, 0.2) is 5.82 Å². The molecule has 0 bridgehead atoms. The second-order valence-corrected chi connectivity index (χ2v) is 6.55. The highest BCUT2D eigenvalue weighted by molar-refractivity contribution is 7.92. The van der Waals surface area contributed by atoms with Crippen LogP contribution < -0.4 is 10.5 Å². The zero-order valence-electron chi connectivity index (χ0n) is 10.4. The van der Waals surface area contributed by atoms with Gasteiger partial charge in [0.2, 0.25) is 0 Å². The third-order valence-corrected chi connectivity index (χ3v) is 4.70. The molecule has 1 aromatic heterocycles. The Morgan fingerprint density at radius 1 is 1.30 bits per heavy atom. The van der Waals surface area contributed by atoms with Crippen LogP contribution in [0.2, 0.25) is 10.0 Å². The predicted molar refractivity (Wildman–Crippen MR) is 80.7 cm³/mol. The van der Waals surface area contributed by atoms with E-state index in [1.807, 2.05) is 0 Å². The van der Waals surface area contributed by atoms with Gasteiger partial charge in [-0.25, -0.2) is 13.4 Å². The summed E-state index contributed by atoms with van der Waals surface area (Å²) in [6.45, 7) is 1.67. The fourth-order valence-corrected chi connectivity index (χ4v) is 3.05. The molecule has 0 aliphatic heterocycles. The summed E-state index contributed by atoms with van der Waals surface area (Å²) in [4.78, 5) is 3.87. The Labute approximate surface area is 126 Å². The Morgan fingerprint density at radius 2 is 2.00 bits per heavy atom. The predicted octanol–water partition coefficient (Wildman–Crippen LogP) is 3.08. The maximum atomic E-state index is 12.3. The van der Waals surface area contributed by atoms with Gasteiger partial charge in [0.05, 0.1) is 20.6 Å². The van der Waals surface area contributed by atoms with Gasteiger partial charge in [0.1, 0.15) is 0 Å². The van der Waals surface area contributed by atoms with E-state index < -0.39 is 10.0 Å². The largest absolute Gasteiger partial charge is 0.397 e. The maximum Gasteiger partial charge on any atom is 0.263 e. The molecule has 2 aromatic rings. The first-order valence-corrected chi connectivity index (χ1v) is 7.74. The van der Waals surface area contributed by atoms with Gasteiger partial charge in [0, 0.05) is 6.20 Å². The fourth-order valence-electron chi connectivity index (χ4n) is 1.56. The number of anilines is 2. The Morgan fingerprint density at radius 3 is 2.60 bits per heavy atom. The molecule has 1 aromatic carbocycles. The van der Waals surface area contributed by atoms with Crippen LogP contribution in [-0.2, 0) is 10.0 Å². The molecule has 0 spiro atoms. The molecule has 1 heterocycles. The van der Waals surface area contributed by atoms with Crippen LogP contribution in [0.3, 0.4) is 0 Å². The van der Waals surface area contributed by atoms with Gasteiger partial charge in [-0.15, -0.1) is 0 Å². The summed E-state index contributed by atoms with van der Waals surface area (Å²) in [5, 5.41) is 0.537. The van der Waals surface area contributed by atoms with Crippen LogP contribution in [0, 0.1) is 6.92 Å². The van der Waals surface area contributed by atoms with Gasteiger partial charge in [-0.2, -0.15) is 0 Å². The van der Waals surface area contributed by atoms with E-state index in [0.717, 1.165) is 0 Å². The lowest BCUT2D eigenvalue weighted by Crippen LogP contribution is -2.15. The minimum atomic E-state index is -3.83. The van der Waals surface area contributed by atoms with Crippen LogP contribution in [0.4, 0.5) is 11.5 Å². The minimum Gasteiger partial charge on any atom is -0.397 e. The molecule has 20 heavy (non-hydrogen) atoms. The molecule has 0 amide bonds. The number of nitrogens with one attached hydrogen (secondary N) is 1. The number of hydrogen-bond acceptors (Lipinski definition) is 4. The number of nitrogens with zero attached hydrogens (tertiary/aromatic N) is 1. The average Bonchev–Trinajstić information content (AvgIpc) is 2.38. The van der Waals surface area contributed by atoms with Gasteiger partial charge in [-0.05, 0) is 36.8 Å². The molecular weight excluding hydrogens is 321 g/mol. The van der Waals surface area contributed by atoms with E-state index in [2.05, 4.69) is 9.71 Å². The van der Waals surface area contributed by atoms with Crippen molar-refractivity contribution < 1.29 is 8.42 Å². The van der Waals surface area contributed by atoms with Crippen LogP contribution in [0.1, 0.15) is 5.56 Å². The lowest BCUT2D eigenvalue weighted by molar-refractivity contribution is 0.601. The van der Waals surface area contributed by atoms with Crippen LogP contribution in [0.25, 0.3) is 0 Å². The molecule has 0 fully saturated rings. The molecule has 0 aliphatic rings. The number of halogens is 2. The normalized spacial score (nSPS) is 11.3. The Balaban J connectivity index is 2.44. The first kappa shape index (κ1) is 14.9. The zero-order chi connectivity index (χ0) is 14.9. The summed E-state index contributed by atoms with van der Waals surface area (Å²) >= 11 is 11.8. The van der Waals surface area contributed by atoms with Crippen LogP contribution in [-0.4, -0.2) is 13.4 Å². The van der Waals surface area contributed by atoms with E-state index in [9.17, 15) is 8.42 Å². The SMILES string of the molecule is Cc1cc(S(=O)(=O)Nc2ncccc2Cl)cc(N)c1Cl. The van der Waals surface area contributed by atoms with E-state index in [0.29, 0.717) is 10.6 Å². The summed E-state index contributed by atoms with van der Waals surface area (Å²) < 4.78 is 26.8. The first-order chi connectivity index (χ1) is 9.31. The molecule has 0 atom stereocenters. The van der Waals surface area contributed by atoms with Crippen molar-refractivity contribution in [2.45, 2.75) is 11.8 Å². The molecular formula is C12H11Cl2N3O2S. The Hall–Kier alpha value is -1.50. The standard InChI is InChI=1S/C12H11Cl2N3O2S/c1-7-5-8(6-10(15)11(7)14)20(18,19)17-12-9(13)3-2-4-16-12/h2-6H,15H2,1H3,(H,16,17). The Kier molecular flexibility index (Phi) is 4.08. The van der Waals surface area contributed by atoms with Crippen LogP contribution in [0.15, 0.2) is 35.4 Å². The van der Waals surface area contributed by atoms with Gasteiger partial charge >= 0.3 is 0 Å². The van der Waals surface area contributed by atoms with Gasteiger partial charge in [-0.1, -0.05) is 23.2 Å². The molecule has 8 heteroatoms. The highest BCUT2D eigenvalue weighted by Crippen LogP contribution is 2.28. The number of rotatable bonds is 3. The van der Waals surface area contributed by atoms with Crippen molar-refractivity contribution in [2.75, 3.05) is 10.5 Å². The fraction of sp³-hybridized carbons (Fsp3) is 0.0833. The molecule has 106 valence electrons. The topological polar surface area (TPSA) is 85.1 Å². The van der Waals surface area contributed by atoms with Crippen LogP contribution in [0.5, 0.6) is 0 Å². The summed E-state index contributed by atoms with van der Waals surface area (Å²) in [6, 6.07) is 5.85. The minimum absolute atomic E-state index is 0.00128. The molecule has 0 unspecified atom stereocenters. The highest BCUT2D eigenvalue weighted by Gasteiger charge is 2.18. The van der Waals surface area contributed by atoms with Crippen molar-refractivity contribution in [1.82, 2.24) is 4.98 Å². The third-order valence-electron chi connectivity index (χ3n) is 2.56. The van der Waals surface area contributed by atoms with E-state index in [4.69, 9.17) is 28.9 Å². The van der Waals surface area contributed by atoms with Crippen LogP contribution >= 0.6 is 23.2 Å². The van der Waals surface area contributed by atoms with Crippen molar-refractivity contribution in [3.63, 3.8) is 0 Å². The molecule has 0 saturated carbocycles. The second kappa shape index (κ2) is 5.47. The summed E-state index contributed by atoms with van der Waals surface area (Å²) in [7, 11) is -3.83. The number of nitrogens with two attached hydrogens (primary N) is 1. The summed E-state index contributed by atoms with van der Waals surface area (Å²) in [5.74, 6) is 0.0559. The van der Waals surface area contributed by atoms with Crippen molar-refractivity contribution in [1.29, 1.82) is 0 Å². The van der Waals surface area contributed by atoms with E-state index in [1.165, 1.54) is 24.4 Å². The third kappa shape index (κ3) is 2.98. The number of nitrogen functional groups attached to an aromatic ring is 1. The average molecular weight is 332 g/mol. The monoisotopic (exact) mass is 331 g/mol. The Bertz CT molecular complexity index is 740. The zero-order valence-corrected chi connectivity index (χ0v) is 12.7. The van der Waals surface area contributed by atoms with Crippen molar-refractivity contribution in [3.05, 3.63) is 46.1 Å². The highest BCUT2D eigenvalue weighted by atomic mass is 35.5. The smallest absolute Gasteiger partial charge is 0.263 e. The lowest BCUT2D eigenvalue weighted by atomic mass is 10.2. The first-order valence-electron chi connectivity index (χ1n) is 5.50. The molecule has 0 aliphatic carbocycles. The number of aryl methyl sites for hydroxylation is 1. The summed E-state index contributed by atoms with van der Waals surface area (Å²) in [5.41, 5.74) is 6.44. The number of benzene rings is 1. The maximum absolute atomic E-state index is 12.3. The number of hydrogen-bond donors (Lipinski definition) is 2. The van der Waals surface area contributed by atoms with Crippen molar-refractivity contribution in [2.24, 2.45) is 0 Å². The number of pyridine rings is 1. The second-order valence-electron chi connectivity index (χ2n) is 4.08.